The summed E-state index contributed by atoms with van der Waals surface area (Å²) in [6.45, 7) is 6.03. The minimum Gasteiger partial charge on any atom is -0.370 e. The summed E-state index contributed by atoms with van der Waals surface area (Å²) >= 11 is 0. The van der Waals surface area contributed by atoms with Gasteiger partial charge in [-0.05, 0) is 13.3 Å². The molecular formula is C16H22N4. The maximum absolute atomic E-state index is 4.60. The fourth-order valence-corrected chi connectivity index (χ4v) is 1.92. The first kappa shape index (κ1) is 14.3. The molecule has 4 nitrogen and oxygen atoms in total. The first-order valence-corrected chi connectivity index (χ1v) is 7.25. The molecule has 1 aromatic heterocycles. The van der Waals surface area contributed by atoms with E-state index in [1.165, 1.54) is 6.42 Å². The molecule has 4 heteroatoms. The lowest BCUT2D eigenvalue weighted by Gasteiger charge is -2.10. The van der Waals surface area contributed by atoms with Crippen molar-refractivity contribution in [1.82, 2.24) is 9.97 Å². The monoisotopic (exact) mass is 270 g/mol. The summed E-state index contributed by atoms with van der Waals surface area (Å²) in [6, 6.07) is 12.0. The minimum atomic E-state index is 0.753. The summed E-state index contributed by atoms with van der Waals surface area (Å²) in [5.74, 6) is 2.49. The van der Waals surface area contributed by atoms with E-state index in [1.54, 1.807) is 0 Å². The summed E-state index contributed by atoms with van der Waals surface area (Å²) in [4.78, 5) is 9.15. The Balaban J connectivity index is 2.26. The van der Waals surface area contributed by atoms with Crippen molar-refractivity contribution in [2.75, 3.05) is 23.7 Å². The zero-order chi connectivity index (χ0) is 14.2. The molecule has 0 bridgehead atoms. The van der Waals surface area contributed by atoms with Crippen molar-refractivity contribution in [2.24, 2.45) is 0 Å². The highest BCUT2D eigenvalue weighted by Gasteiger charge is 2.06. The van der Waals surface area contributed by atoms with E-state index in [4.69, 9.17) is 0 Å². The van der Waals surface area contributed by atoms with Crippen molar-refractivity contribution in [1.29, 1.82) is 0 Å². The molecule has 0 aliphatic carbocycles. The van der Waals surface area contributed by atoms with Gasteiger partial charge in [-0.25, -0.2) is 9.97 Å². The van der Waals surface area contributed by atoms with Gasteiger partial charge in [0.15, 0.2) is 5.82 Å². The third-order valence-electron chi connectivity index (χ3n) is 2.95. The van der Waals surface area contributed by atoms with Gasteiger partial charge in [-0.3, -0.25) is 0 Å². The number of benzene rings is 1. The lowest BCUT2D eigenvalue weighted by Crippen LogP contribution is -2.07. The van der Waals surface area contributed by atoms with Crippen LogP contribution in [0.5, 0.6) is 0 Å². The summed E-state index contributed by atoms with van der Waals surface area (Å²) < 4.78 is 0. The molecule has 20 heavy (non-hydrogen) atoms. The lowest BCUT2D eigenvalue weighted by molar-refractivity contribution is 0.830. The molecule has 1 aromatic carbocycles. The van der Waals surface area contributed by atoms with Crippen LogP contribution in [0.3, 0.4) is 0 Å². The number of anilines is 2. The van der Waals surface area contributed by atoms with E-state index in [0.717, 1.165) is 42.5 Å². The molecule has 0 fully saturated rings. The van der Waals surface area contributed by atoms with Crippen LogP contribution in [0, 0.1) is 0 Å². The molecule has 2 N–H and O–H groups in total. The summed E-state index contributed by atoms with van der Waals surface area (Å²) in [5.41, 5.74) is 1.03. The van der Waals surface area contributed by atoms with E-state index in [1.807, 2.05) is 36.4 Å². The molecule has 0 atom stereocenters. The smallest absolute Gasteiger partial charge is 0.163 e. The zero-order valence-corrected chi connectivity index (χ0v) is 12.2. The highest BCUT2D eigenvalue weighted by Crippen LogP contribution is 2.20. The third kappa shape index (κ3) is 3.95. The molecule has 0 unspecified atom stereocenters. The lowest BCUT2D eigenvalue weighted by atomic mass is 10.2. The van der Waals surface area contributed by atoms with Crippen molar-refractivity contribution in [3.8, 4) is 11.4 Å². The highest BCUT2D eigenvalue weighted by molar-refractivity contribution is 5.61. The Morgan fingerprint density at radius 2 is 1.65 bits per heavy atom. The number of nitrogens with one attached hydrogen (secondary N) is 2. The molecular weight excluding hydrogens is 248 g/mol. The Bertz CT molecular complexity index is 525. The number of hydrogen-bond acceptors (Lipinski definition) is 4. The molecule has 2 aromatic rings. The number of rotatable bonds is 7. The SMILES string of the molecule is CCCCNc1cc(NCC)nc(-c2ccccc2)n1. The predicted molar refractivity (Wildman–Crippen MR) is 85.0 cm³/mol. The number of unbranched alkanes of at least 4 members (excludes halogenated alkanes) is 1. The second kappa shape index (κ2) is 7.48. The first-order valence-electron chi connectivity index (χ1n) is 7.25. The summed E-state index contributed by atoms with van der Waals surface area (Å²) in [6.07, 6.45) is 2.31. The largest absolute Gasteiger partial charge is 0.370 e. The molecule has 1 heterocycles. The van der Waals surface area contributed by atoms with Gasteiger partial charge >= 0.3 is 0 Å². The maximum Gasteiger partial charge on any atom is 0.163 e. The molecule has 106 valence electrons. The minimum absolute atomic E-state index is 0.753. The van der Waals surface area contributed by atoms with Crippen molar-refractivity contribution in [3.05, 3.63) is 36.4 Å². The molecule has 0 saturated heterocycles. The van der Waals surface area contributed by atoms with Gasteiger partial charge in [0.2, 0.25) is 0 Å². The number of nitrogens with zero attached hydrogens (tertiary/aromatic N) is 2. The van der Waals surface area contributed by atoms with Crippen LogP contribution in [0.2, 0.25) is 0 Å². The van der Waals surface area contributed by atoms with Crippen LogP contribution in [-0.4, -0.2) is 23.1 Å². The Labute approximate surface area is 120 Å². The summed E-state index contributed by atoms with van der Waals surface area (Å²) in [5, 5.41) is 6.62. The Morgan fingerprint density at radius 1 is 0.950 bits per heavy atom. The normalized spacial score (nSPS) is 10.3. The van der Waals surface area contributed by atoms with E-state index in [2.05, 4.69) is 34.4 Å². The average molecular weight is 270 g/mol. The molecule has 0 spiro atoms. The van der Waals surface area contributed by atoms with Gasteiger partial charge in [-0.2, -0.15) is 0 Å². The van der Waals surface area contributed by atoms with Gasteiger partial charge in [0.05, 0.1) is 0 Å². The van der Waals surface area contributed by atoms with Crippen molar-refractivity contribution in [2.45, 2.75) is 26.7 Å². The van der Waals surface area contributed by atoms with Gasteiger partial charge in [-0.1, -0.05) is 43.7 Å². The van der Waals surface area contributed by atoms with Crippen LogP contribution >= 0.6 is 0 Å². The Hall–Kier alpha value is -2.10. The molecule has 0 radical (unpaired) electrons. The first-order chi connectivity index (χ1) is 9.83. The van der Waals surface area contributed by atoms with Crippen molar-refractivity contribution >= 4 is 11.6 Å². The summed E-state index contributed by atoms with van der Waals surface area (Å²) in [7, 11) is 0. The third-order valence-corrected chi connectivity index (χ3v) is 2.95. The van der Waals surface area contributed by atoms with Gasteiger partial charge in [0.25, 0.3) is 0 Å². The molecule has 0 amide bonds. The quantitative estimate of drug-likeness (QED) is 0.752. The number of hydrogen-bond donors (Lipinski definition) is 2. The van der Waals surface area contributed by atoms with E-state index >= 15 is 0 Å². The predicted octanol–water partition coefficient (Wildman–Crippen LogP) is 3.79. The van der Waals surface area contributed by atoms with E-state index in [-0.39, 0.29) is 0 Å². The van der Waals surface area contributed by atoms with E-state index < -0.39 is 0 Å². The molecule has 2 rings (SSSR count). The fourth-order valence-electron chi connectivity index (χ4n) is 1.92. The molecule has 0 aliphatic rings. The maximum atomic E-state index is 4.60. The second-order valence-corrected chi connectivity index (χ2v) is 4.64. The van der Waals surface area contributed by atoms with E-state index in [0.29, 0.717) is 0 Å². The van der Waals surface area contributed by atoms with Crippen LogP contribution in [-0.2, 0) is 0 Å². The van der Waals surface area contributed by atoms with Crippen LogP contribution in [0.4, 0.5) is 11.6 Å². The topological polar surface area (TPSA) is 49.8 Å². The molecule has 0 saturated carbocycles. The van der Waals surface area contributed by atoms with E-state index in [9.17, 15) is 0 Å². The van der Waals surface area contributed by atoms with Gasteiger partial charge in [0.1, 0.15) is 11.6 Å². The number of aromatic nitrogens is 2. The van der Waals surface area contributed by atoms with Crippen LogP contribution in [0.15, 0.2) is 36.4 Å². The Morgan fingerprint density at radius 3 is 2.30 bits per heavy atom. The molecule has 0 aliphatic heterocycles. The zero-order valence-electron chi connectivity index (χ0n) is 12.2. The highest BCUT2D eigenvalue weighted by atomic mass is 15.1. The van der Waals surface area contributed by atoms with Crippen LogP contribution in [0.1, 0.15) is 26.7 Å². The van der Waals surface area contributed by atoms with Gasteiger partial charge in [-0.15, -0.1) is 0 Å². The second-order valence-electron chi connectivity index (χ2n) is 4.64. The standard InChI is InChI=1S/C16H22N4/c1-3-5-11-18-15-12-14(17-4-2)19-16(20-15)13-9-7-6-8-10-13/h6-10,12H,3-5,11H2,1-2H3,(H2,17,18,19,20). The van der Waals surface area contributed by atoms with Crippen LogP contribution in [0.25, 0.3) is 11.4 Å². The van der Waals surface area contributed by atoms with Crippen LogP contribution < -0.4 is 10.6 Å². The van der Waals surface area contributed by atoms with Gasteiger partial charge in [0, 0.05) is 24.7 Å². The average Bonchev–Trinajstić information content (AvgIpc) is 2.49. The van der Waals surface area contributed by atoms with Gasteiger partial charge < -0.3 is 10.6 Å². The Kier molecular flexibility index (Phi) is 5.35. The fraction of sp³-hybridized carbons (Fsp3) is 0.375. The van der Waals surface area contributed by atoms with Crippen molar-refractivity contribution < 1.29 is 0 Å². The van der Waals surface area contributed by atoms with Crippen molar-refractivity contribution in [3.63, 3.8) is 0 Å².